The number of sulfonamides is 1. The fourth-order valence-corrected chi connectivity index (χ4v) is 3.76. The molecule has 25 heavy (non-hydrogen) atoms. The number of nitrogens with one attached hydrogen (secondary N) is 1. The molecule has 1 aliphatic rings. The number of hydrogen-bond donors (Lipinski definition) is 1. The van der Waals surface area contributed by atoms with Crippen molar-refractivity contribution in [2.45, 2.75) is 11.4 Å². The number of rotatable bonds is 5. The van der Waals surface area contributed by atoms with Crippen LogP contribution < -0.4 is 4.72 Å². The lowest BCUT2D eigenvalue weighted by Crippen LogP contribution is -2.23. The van der Waals surface area contributed by atoms with Gasteiger partial charge in [0, 0.05) is 12.2 Å². The average Bonchev–Trinajstić information content (AvgIpc) is 2.96. The SMILES string of the molecule is O=C1OCCN1Cc1ccc(NS(=O)(=O)c2cccc(Cl)c2F)cc1. The van der Waals surface area contributed by atoms with Gasteiger partial charge in [0.1, 0.15) is 11.5 Å². The van der Waals surface area contributed by atoms with Crippen LogP contribution >= 0.6 is 11.6 Å². The zero-order valence-corrected chi connectivity index (χ0v) is 14.5. The molecule has 0 saturated carbocycles. The van der Waals surface area contributed by atoms with E-state index in [2.05, 4.69) is 4.72 Å². The van der Waals surface area contributed by atoms with Crippen LogP contribution in [0.5, 0.6) is 0 Å². The van der Waals surface area contributed by atoms with Gasteiger partial charge in [-0.1, -0.05) is 29.8 Å². The van der Waals surface area contributed by atoms with Gasteiger partial charge in [-0.25, -0.2) is 17.6 Å². The first-order valence-electron chi connectivity index (χ1n) is 7.34. The van der Waals surface area contributed by atoms with E-state index in [0.717, 1.165) is 11.6 Å². The molecule has 0 spiro atoms. The number of cyclic esters (lactones) is 1. The highest BCUT2D eigenvalue weighted by atomic mass is 35.5. The maximum absolute atomic E-state index is 13.9. The monoisotopic (exact) mass is 384 g/mol. The molecule has 0 bridgehead atoms. The molecule has 9 heteroatoms. The van der Waals surface area contributed by atoms with E-state index in [0.29, 0.717) is 19.7 Å². The summed E-state index contributed by atoms with van der Waals surface area (Å²) >= 11 is 5.63. The Bertz CT molecular complexity index is 903. The van der Waals surface area contributed by atoms with Crippen molar-refractivity contribution in [3.05, 3.63) is 58.9 Å². The van der Waals surface area contributed by atoms with Crippen LogP contribution in [0.15, 0.2) is 47.4 Å². The van der Waals surface area contributed by atoms with Gasteiger partial charge in [-0.3, -0.25) is 4.72 Å². The van der Waals surface area contributed by atoms with Crippen molar-refractivity contribution in [2.75, 3.05) is 17.9 Å². The van der Waals surface area contributed by atoms with Crippen LogP contribution in [0.1, 0.15) is 5.56 Å². The lowest BCUT2D eigenvalue weighted by atomic mass is 10.2. The van der Waals surface area contributed by atoms with Gasteiger partial charge in [0.2, 0.25) is 0 Å². The van der Waals surface area contributed by atoms with E-state index in [-0.39, 0.29) is 16.8 Å². The quantitative estimate of drug-likeness (QED) is 0.858. The summed E-state index contributed by atoms with van der Waals surface area (Å²) < 4.78 is 45.7. The average molecular weight is 385 g/mol. The largest absolute Gasteiger partial charge is 0.448 e. The Morgan fingerprint density at radius 2 is 1.92 bits per heavy atom. The molecule has 6 nitrogen and oxygen atoms in total. The lowest BCUT2D eigenvalue weighted by molar-refractivity contribution is 0.157. The highest BCUT2D eigenvalue weighted by Crippen LogP contribution is 2.24. The maximum atomic E-state index is 13.9. The van der Waals surface area contributed by atoms with E-state index in [9.17, 15) is 17.6 Å². The minimum Gasteiger partial charge on any atom is -0.448 e. The zero-order chi connectivity index (χ0) is 18.0. The van der Waals surface area contributed by atoms with Gasteiger partial charge in [-0.05, 0) is 29.8 Å². The van der Waals surface area contributed by atoms with Gasteiger partial charge in [0.25, 0.3) is 10.0 Å². The second kappa shape index (κ2) is 6.89. The fourth-order valence-electron chi connectivity index (χ4n) is 2.37. The van der Waals surface area contributed by atoms with Crippen molar-refractivity contribution >= 4 is 33.4 Å². The molecule has 0 atom stereocenters. The molecule has 1 heterocycles. The van der Waals surface area contributed by atoms with Crippen LogP contribution in [0, 0.1) is 5.82 Å². The Morgan fingerprint density at radius 3 is 2.56 bits per heavy atom. The van der Waals surface area contributed by atoms with Crippen molar-refractivity contribution < 1.29 is 22.3 Å². The zero-order valence-electron chi connectivity index (χ0n) is 12.9. The third-order valence-corrected chi connectivity index (χ3v) is 5.32. The number of halogens is 2. The Morgan fingerprint density at radius 1 is 1.20 bits per heavy atom. The summed E-state index contributed by atoms with van der Waals surface area (Å²) in [4.78, 5) is 12.4. The predicted molar refractivity (Wildman–Crippen MR) is 90.4 cm³/mol. The summed E-state index contributed by atoms with van der Waals surface area (Å²) in [6, 6.07) is 10.2. The second-order valence-electron chi connectivity index (χ2n) is 5.39. The number of hydrogen-bond acceptors (Lipinski definition) is 4. The van der Waals surface area contributed by atoms with Crippen LogP contribution in [0.4, 0.5) is 14.9 Å². The standard InChI is InChI=1S/C16H14ClFN2O4S/c17-13-2-1-3-14(15(13)18)25(22,23)19-12-6-4-11(5-7-12)10-20-8-9-24-16(20)21/h1-7,19H,8-10H2. The number of benzene rings is 2. The molecule has 1 saturated heterocycles. The highest BCUT2D eigenvalue weighted by molar-refractivity contribution is 7.92. The van der Waals surface area contributed by atoms with E-state index < -0.39 is 20.7 Å². The smallest absolute Gasteiger partial charge is 0.410 e. The predicted octanol–water partition coefficient (Wildman–Crippen LogP) is 3.23. The van der Waals surface area contributed by atoms with Gasteiger partial charge in [0.15, 0.2) is 5.82 Å². The number of anilines is 1. The number of ether oxygens (including phenoxy) is 1. The maximum Gasteiger partial charge on any atom is 0.410 e. The molecule has 0 unspecified atom stereocenters. The summed E-state index contributed by atoms with van der Waals surface area (Å²) in [5, 5.41) is -0.268. The third kappa shape index (κ3) is 3.85. The summed E-state index contributed by atoms with van der Waals surface area (Å²) in [5.74, 6) is -0.999. The number of amides is 1. The Kier molecular flexibility index (Phi) is 4.82. The molecule has 0 aromatic heterocycles. The number of nitrogens with zero attached hydrogens (tertiary/aromatic N) is 1. The molecule has 1 fully saturated rings. The van der Waals surface area contributed by atoms with Crippen LogP contribution in [0.25, 0.3) is 0 Å². The van der Waals surface area contributed by atoms with Gasteiger partial charge in [-0.2, -0.15) is 0 Å². The van der Waals surface area contributed by atoms with Crippen molar-refractivity contribution in [2.24, 2.45) is 0 Å². The molecular weight excluding hydrogens is 371 g/mol. The topological polar surface area (TPSA) is 75.7 Å². The van der Waals surface area contributed by atoms with Crippen molar-refractivity contribution in [1.29, 1.82) is 0 Å². The molecule has 132 valence electrons. The normalized spacial score (nSPS) is 14.5. The van der Waals surface area contributed by atoms with Gasteiger partial charge >= 0.3 is 6.09 Å². The molecule has 2 aromatic rings. The summed E-state index contributed by atoms with van der Waals surface area (Å²) in [6.45, 7) is 1.25. The van der Waals surface area contributed by atoms with Crippen LogP contribution in [0.2, 0.25) is 5.02 Å². The van der Waals surface area contributed by atoms with E-state index in [4.69, 9.17) is 16.3 Å². The van der Waals surface area contributed by atoms with Gasteiger partial charge in [-0.15, -0.1) is 0 Å². The molecular formula is C16H14ClFN2O4S. The molecule has 1 amide bonds. The van der Waals surface area contributed by atoms with E-state index in [1.807, 2.05) is 0 Å². The second-order valence-corrected chi connectivity index (χ2v) is 7.45. The van der Waals surface area contributed by atoms with E-state index in [1.54, 1.807) is 17.0 Å². The summed E-state index contributed by atoms with van der Waals surface area (Å²) in [7, 11) is -4.10. The van der Waals surface area contributed by atoms with Crippen LogP contribution in [0.3, 0.4) is 0 Å². The lowest BCUT2D eigenvalue weighted by Gasteiger charge is -2.13. The summed E-state index contributed by atoms with van der Waals surface area (Å²) in [5.41, 5.74) is 1.09. The Balaban J connectivity index is 1.74. The van der Waals surface area contributed by atoms with Crippen LogP contribution in [-0.4, -0.2) is 32.6 Å². The van der Waals surface area contributed by atoms with E-state index in [1.165, 1.54) is 24.3 Å². The Hall–Kier alpha value is -2.32. The first-order chi connectivity index (χ1) is 11.9. The highest BCUT2D eigenvalue weighted by Gasteiger charge is 2.22. The molecule has 3 rings (SSSR count). The van der Waals surface area contributed by atoms with Crippen molar-refractivity contribution in [1.82, 2.24) is 4.90 Å². The minimum atomic E-state index is -4.10. The molecule has 1 aliphatic heterocycles. The first kappa shape index (κ1) is 17.5. The van der Waals surface area contributed by atoms with Gasteiger partial charge < -0.3 is 9.64 Å². The number of carbonyl (C=O) groups is 1. The third-order valence-electron chi connectivity index (χ3n) is 3.63. The molecule has 2 aromatic carbocycles. The van der Waals surface area contributed by atoms with Crippen molar-refractivity contribution in [3.63, 3.8) is 0 Å². The first-order valence-corrected chi connectivity index (χ1v) is 9.20. The minimum absolute atomic E-state index is 0.268. The van der Waals surface area contributed by atoms with Gasteiger partial charge in [0.05, 0.1) is 11.6 Å². The molecule has 0 aliphatic carbocycles. The fraction of sp³-hybridized carbons (Fsp3) is 0.188. The molecule has 0 radical (unpaired) electrons. The summed E-state index contributed by atoms with van der Waals surface area (Å²) in [6.07, 6.45) is -0.374. The molecule has 1 N–H and O–H groups in total. The van der Waals surface area contributed by atoms with Crippen molar-refractivity contribution in [3.8, 4) is 0 Å². The Labute approximate surface area is 149 Å². The van der Waals surface area contributed by atoms with Crippen LogP contribution in [-0.2, 0) is 21.3 Å². The van der Waals surface area contributed by atoms with E-state index >= 15 is 0 Å². The number of carbonyl (C=O) groups excluding carboxylic acids is 1.